The van der Waals surface area contributed by atoms with Crippen molar-refractivity contribution >= 4 is 23.5 Å². The molecule has 18 heavy (non-hydrogen) atoms. The van der Waals surface area contributed by atoms with Gasteiger partial charge in [-0.25, -0.2) is 0 Å². The second-order valence-electron chi connectivity index (χ2n) is 3.58. The summed E-state index contributed by atoms with van der Waals surface area (Å²) < 4.78 is 9.58. The Morgan fingerprint density at radius 3 is 2.56 bits per heavy atom. The first-order valence-corrected chi connectivity index (χ1v) is 5.53. The minimum Gasteiger partial charge on any atom is -0.496 e. The zero-order chi connectivity index (χ0) is 13.7. The van der Waals surface area contributed by atoms with E-state index in [-0.39, 0.29) is 12.5 Å². The van der Waals surface area contributed by atoms with Crippen LogP contribution < -0.4 is 4.74 Å². The molecule has 0 aliphatic carbocycles. The molecule has 0 atom stereocenters. The lowest BCUT2D eigenvalue weighted by Crippen LogP contribution is -2.32. The number of carbonyl (C=O) groups is 2. The number of benzene rings is 1. The Bertz CT molecular complexity index is 461. The van der Waals surface area contributed by atoms with Gasteiger partial charge in [0.1, 0.15) is 12.3 Å². The summed E-state index contributed by atoms with van der Waals surface area (Å²) in [5, 5.41) is 0.471. The lowest BCUT2D eigenvalue weighted by Gasteiger charge is -2.17. The van der Waals surface area contributed by atoms with Gasteiger partial charge in [-0.3, -0.25) is 9.59 Å². The van der Waals surface area contributed by atoms with Crippen LogP contribution in [0.2, 0.25) is 5.02 Å². The monoisotopic (exact) mass is 271 g/mol. The van der Waals surface area contributed by atoms with Crippen LogP contribution in [-0.2, 0) is 9.53 Å². The zero-order valence-electron chi connectivity index (χ0n) is 10.4. The summed E-state index contributed by atoms with van der Waals surface area (Å²) in [5.74, 6) is -0.461. The summed E-state index contributed by atoms with van der Waals surface area (Å²) in [6.07, 6.45) is 0. The summed E-state index contributed by atoms with van der Waals surface area (Å²) in [5.41, 5.74) is 0.341. The molecule has 0 saturated carbocycles. The van der Waals surface area contributed by atoms with Gasteiger partial charge in [0.2, 0.25) is 0 Å². The molecule has 0 aliphatic heterocycles. The average Bonchev–Trinajstić information content (AvgIpc) is 2.37. The molecular formula is C12H14ClNO4. The van der Waals surface area contributed by atoms with Crippen LogP contribution in [0.25, 0.3) is 0 Å². The Kier molecular flexibility index (Phi) is 4.97. The van der Waals surface area contributed by atoms with Gasteiger partial charge in [-0.05, 0) is 18.2 Å². The summed E-state index contributed by atoms with van der Waals surface area (Å²) in [4.78, 5) is 24.4. The minimum absolute atomic E-state index is 0.124. The van der Waals surface area contributed by atoms with E-state index in [0.717, 1.165) is 0 Å². The molecule has 0 heterocycles. The van der Waals surface area contributed by atoms with Crippen molar-refractivity contribution in [2.45, 2.75) is 0 Å². The van der Waals surface area contributed by atoms with E-state index < -0.39 is 5.97 Å². The standard InChI is InChI=1S/C12H14ClNO4/c1-14(7-11(15)18-3)12(16)9-5-4-8(13)6-10(9)17-2/h4-6H,7H2,1-3H3. The molecule has 1 rings (SSSR count). The van der Waals surface area contributed by atoms with Crippen molar-refractivity contribution in [2.24, 2.45) is 0 Å². The number of halogens is 1. The summed E-state index contributed by atoms with van der Waals surface area (Å²) >= 11 is 5.81. The Balaban J connectivity index is 2.93. The molecule has 0 spiro atoms. The van der Waals surface area contributed by atoms with Crippen LogP contribution in [0, 0.1) is 0 Å². The maximum absolute atomic E-state index is 12.1. The number of rotatable bonds is 4. The summed E-state index contributed by atoms with van der Waals surface area (Å²) in [7, 11) is 4.22. The normalized spacial score (nSPS) is 9.78. The fourth-order valence-corrected chi connectivity index (χ4v) is 1.54. The predicted octanol–water partition coefficient (Wildman–Crippen LogP) is 1.59. The first kappa shape index (κ1) is 14.3. The second-order valence-corrected chi connectivity index (χ2v) is 4.02. The van der Waals surface area contributed by atoms with Crippen molar-refractivity contribution in [3.05, 3.63) is 28.8 Å². The number of ether oxygens (including phenoxy) is 2. The highest BCUT2D eigenvalue weighted by Gasteiger charge is 2.19. The highest BCUT2D eigenvalue weighted by atomic mass is 35.5. The average molecular weight is 272 g/mol. The first-order valence-electron chi connectivity index (χ1n) is 5.15. The Labute approximate surface area is 110 Å². The Morgan fingerprint density at radius 1 is 1.33 bits per heavy atom. The fourth-order valence-electron chi connectivity index (χ4n) is 1.38. The van der Waals surface area contributed by atoms with Gasteiger partial charge >= 0.3 is 5.97 Å². The van der Waals surface area contributed by atoms with E-state index >= 15 is 0 Å². The predicted molar refractivity (Wildman–Crippen MR) is 67.0 cm³/mol. The third-order valence-electron chi connectivity index (χ3n) is 2.33. The highest BCUT2D eigenvalue weighted by molar-refractivity contribution is 6.30. The van der Waals surface area contributed by atoms with Gasteiger partial charge in [0.05, 0.1) is 19.8 Å². The third kappa shape index (κ3) is 3.37. The van der Waals surface area contributed by atoms with Crippen molar-refractivity contribution in [2.75, 3.05) is 27.8 Å². The van der Waals surface area contributed by atoms with Gasteiger partial charge in [0.15, 0.2) is 0 Å². The number of amides is 1. The third-order valence-corrected chi connectivity index (χ3v) is 2.57. The molecule has 0 N–H and O–H groups in total. The fraction of sp³-hybridized carbons (Fsp3) is 0.333. The van der Waals surface area contributed by atoms with Gasteiger partial charge in [-0.2, -0.15) is 0 Å². The van der Waals surface area contributed by atoms with E-state index in [0.29, 0.717) is 16.3 Å². The summed E-state index contributed by atoms with van der Waals surface area (Å²) in [6.45, 7) is -0.124. The molecule has 1 amide bonds. The smallest absolute Gasteiger partial charge is 0.325 e. The van der Waals surface area contributed by atoms with Crippen molar-refractivity contribution in [1.82, 2.24) is 4.90 Å². The molecule has 0 unspecified atom stereocenters. The quantitative estimate of drug-likeness (QED) is 0.781. The number of hydrogen-bond donors (Lipinski definition) is 0. The Morgan fingerprint density at radius 2 is 2.00 bits per heavy atom. The van der Waals surface area contributed by atoms with Gasteiger partial charge in [0, 0.05) is 12.1 Å². The van der Waals surface area contributed by atoms with Crippen LogP contribution in [0.3, 0.4) is 0 Å². The molecule has 0 bridgehead atoms. The van der Waals surface area contributed by atoms with E-state index in [1.807, 2.05) is 0 Å². The maximum Gasteiger partial charge on any atom is 0.325 e. The van der Waals surface area contributed by atoms with E-state index in [4.69, 9.17) is 16.3 Å². The second kappa shape index (κ2) is 6.26. The van der Waals surface area contributed by atoms with Gasteiger partial charge in [-0.15, -0.1) is 0 Å². The number of nitrogens with zero attached hydrogens (tertiary/aromatic N) is 1. The largest absolute Gasteiger partial charge is 0.496 e. The van der Waals surface area contributed by atoms with Crippen molar-refractivity contribution in [3.63, 3.8) is 0 Å². The van der Waals surface area contributed by atoms with E-state index in [2.05, 4.69) is 4.74 Å². The molecule has 98 valence electrons. The molecule has 1 aromatic carbocycles. The van der Waals surface area contributed by atoms with Crippen molar-refractivity contribution in [1.29, 1.82) is 0 Å². The number of esters is 1. The van der Waals surface area contributed by atoms with Crippen LogP contribution >= 0.6 is 11.6 Å². The van der Waals surface area contributed by atoms with E-state index in [1.54, 1.807) is 18.2 Å². The summed E-state index contributed by atoms with van der Waals surface area (Å²) in [6, 6.07) is 4.68. The molecule has 5 nitrogen and oxygen atoms in total. The lowest BCUT2D eigenvalue weighted by atomic mass is 10.1. The lowest BCUT2D eigenvalue weighted by molar-refractivity contribution is -0.141. The Hall–Kier alpha value is -1.75. The van der Waals surface area contributed by atoms with Gasteiger partial charge < -0.3 is 14.4 Å². The molecule has 0 aromatic heterocycles. The molecule has 1 aromatic rings. The van der Waals surface area contributed by atoms with Crippen molar-refractivity contribution in [3.8, 4) is 5.75 Å². The van der Waals surface area contributed by atoms with Crippen LogP contribution in [-0.4, -0.2) is 44.6 Å². The maximum atomic E-state index is 12.1. The number of likely N-dealkylation sites (N-methyl/N-ethyl adjacent to an activating group) is 1. The van der Waals surface area contributed by atoms with E-state index in [9.17, 15) is 9.59 Å². The molecule has 0 aliphatic rings. The van der Waals surface area contributed by atoms with Crippen LogP contribution in [0.15, 0.2) is 18.2 Å². The zero-order valence-corrected chi connectivity index (χ0v) is 11.2. The van der Waals surface area contributed by atoms with Crippen LogP contribution in [0.1, 0.15) is 10.4 Å². The van der Waals surface area contributed by atoms with Gasteiger partial charge in [-0.1, -0.05) is 11.6 Å². The molecule has 6 heteroatoms. The molecule has 0 saturated heterocycles. The molecule has 0 fully saturated rings. The van der Waals surface area contributed by atoms with Gasteiger partial charge in [0.25, 0.3) is 5.91 Å². The number of carbonyl (C=O) groups excluding carboxylic acids is 2. The minimum atomic E-state index is -0.487. The van der Waals surface area contributed by atoms with E-state index in [1.165, 1.54) is 26.2 Å². The highest BCUT2D eigenvalue weighted by Crippen LogP contribution is 2.24. The number of methoxy groups -OCH3 is 2. The molecule has 0 radical (unpaired) electrons. The van der Waals surface area contributed by atoms with Crippen molar-refractivity contribution < 1.29 is 19.1 Å². The van der Waals surface area contributed by atoms with Crippen LogP contribution in [0.5, 0.6) is 5.75 Å². The SMILES string of the molecule is COC(=O)CN(C)C(=O)c1ccc(Cl)cc1OC. The number of hydrogen-bond acceptors (Lipinski definition) is 4. The topological polar surface area (TPSA) is 55.8 Å². The van der Waals surface area contributed by atoms with Crippen LogP contribution in [0.4, 0.5) is 0 Å². The first-order chi connectivity index (χ1) is 8.49. The molecular weight excluding hydrogens is 258 g/mol.